The standard InChI is InChI=1S/C6H10Cl2O2/c1-2-9-4-6(3-7)10-5-8/h2,6H,1,3-5H2. The monoisotopic (exact) mass is 184 g/mol. The summed E-state index contributed by atoms with van der Waals surface area (Å²) >= 11 is 10.8. The van der Waals surface area contributed by atoms with Gasteiger partial charge in [0.15, 0.2) is 0 Å². The SMILES string of the molecule is C=COCC(CCl)OCCl. The van der Waals surface area contributed by atoms with Gasteiger partial charge in [-0.3, -0.25) is 0 Å². The van der Waals surface area contributed by atoms with Crippen molar-refractivity contribution in [3.63, 3.8) is 0 Å². The first-order valence-electron chi connectivity index (χ1n) is 2.81. The molecule has 0 N–H and O–H groups in total. The molecule has 0 aromatic carbocycles. The Labute approximate surface area is 70.7 Å². The van der Waals surface area contributed by atoms with Gasteiger partial charge >= 0.3 is 0 Å². The molecule has 0 aromatic rings. The van der Waals surface area contributed by atoms with E-state index in [2.05, 4.69) is 6.58 Å². The Morgan fingerprint density at radius 3 is 2.60 bits per heavy atom. The zero-order valence-corrected chi connectivity index (χ0v) is 7.07. The zero-order valence-electron chi connectivity index (χ0n) is 5.56. The van der Waals surface area contributed by atoms with E-state index >= 15 is 0 Å². The van der Waals surface area contributed by atoms with Crippen LogP contribution in [0.2, 0.25) is 0 Å². The van der Waals surface area contributed by atoms with Crippen LogP contribution in [0.3, 0.4) is 0 Å². The number of halogens is 2. The van der Waals surface area contributed by atoms with Crippen LogP contribution in [0.25, 0.3) is 0 Å². The Hall–Kier alpha value is 0.0800. The summed E-state index contributed by atoms with van der Waals surface area (Å²) in [5.74, 6) is 0.376. The van der Waals surface area contributed by atoms with Crippen molar-refractivity contribution in [1.29, 1.82) is 0 Å². The maximum atomic E-state index is 5.48. The molecule has 0 aromatic heterocycles. The van der Waals surface area contributed by atoms with Crippen molar-refractivity contribution in [2.45, 2.75) is 6.10 Å². The van der Waals surface area contributed by atoms with E-state index < -0.39 is 0 Å². The van der Waals surface area contributed by atoms with E-state index in [4.69, 9.17) is 32.7 Å². The van der Waals surface area contributed by atoms with Crippen molar-refractivity contribution >= 4 is 23.2 Å². The summed E-state index contributed by atoms with van der Waals surface area (Å²) in [6.07, 6.45) is 1.20. The molecule has 0 spiro atoms. The molecule has 2 nitrogen and oxygen atoms in total. The molecule has 0 amide bonds. The summed E-state index contributed by atoms with van der Waals surface area (Å²) in [4.78, 5) is 0. The van der Waals surface area contributed by atoms with Crippen molar-refractivity contribution in [3.05, 3.63) is 12.8 Å². The molecule has 4 heteroatoms. The average molecular weight is 185 g/mol. The van der Waals surface area contributed by atoms with Crippen molar-refractivity contribution in [2.24, 2.45) is 0 Å². The summed E-state index contributed by atoms with van der Waals surface area (Å²) < 4.78 is 9.79. The predicted octanol–water partition coefficient (Wildman–Crippen LogP) is 1.97. The number of rotatable bonds is 6. The summed E-state index contributed by atoms with van der Waals surface area (Å²) in [6.45, 7) is 3.78. The molecule has 0 saturated carbocycles. The summed E-state index contributed by atoms with van der Waals surface area (Å²) in [7, 11) is 0. The Kier molecular flexibility index (Phi) is 7.25. The first-order valence-corrected chi connectivity index (χ1v) is 3.88. The van der Waals surface area contributed by atoms with Crippen LogP contribution >= 0.6 is 23.2 Å². The molecule has 0 bridgehead atoms. The van der Waals surface area contributed by atoms with E-state index in [0.717, 1.165) is 0 Å². The van der Waals surface area contributed by atoms with Gasteiger partial charge in [-0.05, 0) is 0 Å². The topological polar surface area (TPSA) is 18.5 Å². The van der Waals surface area contributed by atoms with E-state index in [1.54, 1.807) is 0 Å². The summed E-state index contributed by atoms with van der Waals surface area (Å²) in [5.41, 5.74) is 0. The second-order valence-corrected chi connectivity index (χ2v) is 2.08. The van der Waals surface area contributed by atoms with Gasteiger partial charge in [0.2, 0.25) is 0 Å². The maximum absolute atomic E-state index is 5.48. The van der Waals surface area contributed by atoms with Crippen LogP contribution in [0.1, 0.15) is 0 Å². The molecule has 0 aliphatic heterocycles. The zero-order chi connectivity index (χ0) is 7.82. The highest BCUT2D eigenvalue weighted by Gasteiger charge is 2.05. The molecule has 1 unspecified atom stereocenters. The molecule has 0 saturated heterocycles. The smallest absolute Gasteiger partial charge is 0.121 e. The Bertz CT molecular complexity index is 87.8. The van der Waals surface area contributed by atoms with E-state index in [0.29, 0.717) is 12.5 Å². The van der Waals surface area contributed by atoms with Crippen LogP contribution in [0, 0.1) is 0 Å². The molecule has 0 fully saturated rings. The van der Waals surface area contributed by atoms with Gasteiger partial charge in [-0.1, -0.05) is 18.2 Å². The molecule has 1 atom stereocenters. The van der Waals surface area contributed by atoms with Crippen LogP contribution in [-0.2, 0) is 9.47 Å². The molecular formula is C6H10Cl2O2. The van der Waals surface area contributed by atoms with Gasteiger partial charge in [0, 0.05) is 0 Å². The van der Waals surface area contributed by atoms with Crippen LogP contribution in [0.5, 0.6) is 0 Å². The largest absolute Gasteiger partial charge is 0.499 e. The van der Waals surface area contributed by atoms with Gasteiger partial charge in [0.25, 0.3) is 0 Å². The average Bonchev–Trinajstić information content (AvgIpc) is 1.98. The third kappa shape index (κ3) is 4.91. The third-order valence-corrected chi connectivity index (χ3v) is 1.34. The molecule has 0 rings (SSSR count). The number of alkyl halides is 2. The van der Waals surface area contributed by atoms with Crippen LogP contribution in [0.4, 0.5) is 0 Å². The maximum Gasteiger partial charge on any atom is 0.121 e. The molecule has 0 radical (unpaired) electrons. The van der Waals surface area contributed by atoms with Crippen molar-refractivity contribution in [3.8, 4) is 0 Å². The summed E-state index contributed by atoms with van der Waals surface area (Å²) in [6, 6.07) is 0.137. The van der Waals surface area contributed by atoms with Gasteiger partial charge in [0.1, 0.15) is 18.8 Å². The quantitative estimate of drug-likeness (QED) is 0.465. The van der Waals surface area contributed by atoms with E-state index in [1.165, 1.54) is 6.26 Å². The summed E-state index contributed by atoms with van der Waals surface area (Å²) in [5, 5.41) is 0. The van der Waals surface area contributed by atoms with Gasteiger partial charge in [0.05, 0.1) is 12.1 Å². The molecule has 10 heavy (non-hydrogen) atoms. The van der Waals surface area contributed by atoms with E-state index in [-0.39, 0.29) is 12.2 Å². The van der Waals surface area contributed by atoms with E-state index in [9.17, 15) is 0 Å². The fourth-order valence-corrected chi connectivity index (χ4v) is 0.758. The predicted molar refractivity (Wildman–Crippen MR) is 42.5 cm³/mol. The molecule has 0 aliphatic carbocycles. The van der Waals surface area contributed by atoms with Crippen molar-refractivity contribution < 1.29 is 9.47 Å². The minimum absolute atomic E-state index is 0.137. The first-order chi connectivity index (χ1) is 4.85. The van der Waals surface area contributed by atoms with Gasteiger partial charge in [-0.2, -0.15) is 0 Å². The minimum Gasteiger partial charge on any atom is -0.499 e. The van der Waals surface area contributed by atoms with Gasteiger partial charge < -0.3 is 9.47 Å². The van der Waals surface area contributed by atoms with Gasteiger partial charge in [-0.15, -0.1) is 11.6 Å². The lowest BCUT2D eigenvalue weighted by Crippen LogP contribution is -2.19. The Morgan fingerprint density at radius 2 is 2.20 bits per heavy atom. The third-order valence-electron chi connectivity index (χ3n) is 0.871. The Balaban J connectivity index is 3.29. The minimum atomic E-state index is -0.142. The molecule has 60 valence electrons. The highest BCUT2D eigenvalue weighted by molar-refractivity contribution is 6.18. The lowest BCUT2D eigenvalue weighted by molar-refractivity contribution is 0.0466. The highest BCUT2D eigenvalue weighted by Crippen LogP contribution is 1.97. The van der Waals surface area contributed by atoms with Crippen LogP contribution in [0.15, 0.2) is 12.8 Å². The fourth-order valence-electron chi connectivity index (χ4n) is 0.402. The highest BCUT2D eigenvalue weighted by atomic mass is 35.5. The second-order valence-electron chi connectivity index (χ2n) is 1.55. The van der Waals surface area contributed by atoms with Crippen molar-refractivity contribution in [1.82, 2.24) is 0 Å². The lowest BCUT2D eigenvalue weighted by Gasteiger charge is -2.11. The van der Waals surface area contributed by atoms with Crippen LogP contribution < -0.4 is 0 Å². The number of hydrogen-bond acceptors (Lipinski definition) is 2. The van der Waals surface area contributed by atoms with Crippen molar-refractivity contribution in [2.75, 3.05) is 18.6 Å². The first kappa shape index (κ1) is 10.1. The Morgan fingerprint density at radius 1 is 1.50 bits per heavy atom. The lowest BCUT2D eigenvalue weighted by atomic mass is 10.4. The van der Waals surface area contributed by atoms with E-state index in [1.807, 2.05) is 0 Å². The fraction of sp³-hybridized carbons (Fsp3) is 0.667. The molecule has 0 heterocycles. The number of hydrogen-bond donors (Lipinski definition) is 0. The second kappa shape index (κ2) is 7.19. The van der Waals surface area contributed by atoms with Gasteiger partial charge in [-0.25, -0.2) is 0 Å². The number of ether oxygens (including phenoxy) is 2. The molecule has 0 aliphatic rings. The molecular weight excluding hydrogens is 175 g/mol. The normalized spacial score (nSPS) is 12.6. The van der Waals surface area contributed by atoms with Crippen LogP contribution in [-0.4, -0.2) is 24.7 Å².